The summed E-state index contributed by atoms with van der Waals surface area (Å²) in [6.07, 6.45) is -0.101. The van der Waals surface area contributed by atoms with Gasteiger partial charge in [0.25, 0.3) is 5.91 Å². The molecule has 1 aromatic heterocycles. The smallest absolute Gasteiger partial charge is 0.251 e. The molecule has 2 heterocycles. The molecule has 1 aliphatic rings. The standard InChI is InChI=1S/C15H12ClN5O2/c1-8-9(7-17)14-19-15(23)12(21(14)20-8)6-13(22)18-11-5-3-2-4-10(11)16/h2-5,12H,6H2,1H3,(H,18,22)(H,19,23)/t12-/m1/s1. The predicted molar refractivity (Wildman–Crippen MR) is 84.0 cm³/mol. The fourth-order valence-electron chi connectivity index (χ4n) is 2.46. The first-order valence-electron chi connectivity index (χ1n) is 6.85. The van der Waals surface area contributed by atoms with Crippen LogP contribution < -0.4 is 10.6 Å². The van der Waals surface area contributed by atoms with E-state index in [1.807, 2.05) is 6.07 Å². The van der Waals surface area contributed by atoms with Gasteiger partial charge in [-0.15, -0.1) is 0 Å². The Kier molecular flexibility index (Phi) is 3.76. The van der Waals surface area contributed by atoms with Crippen LogP contribution in [0.15, 0.2) is 24.3 Å². The maximum Gasteiger partial charge on any atom is 0.251 e. The van der Waals surface area contributed by atoms with Gasteiger partial charge < -0.3 is 10.6 Å². The minimum absolute atomic E-state index is 0.101. The molecule has 2 aromatic rings. The van der Waals surface area contributed by atoms with E-state index in [2.05, 4.69) is 15.7 Å². The molecule has 1 atom stereocenters. The molecule has 0 aliphatic carbocycles. The van der Waals surface area contributed by atoms with Crippen LogP contribution >= 0.6 is 11.6 Å². The zero-order valence-corrected chi connectivity index (χ0v) is 12.9. The van der Waals surface area contributed by atoms with Gasteiger partial charge >= 0.3 is 0 Å². The lowest BCUT2D eigenvalue weighted by atomic mass is 10.2. The molecule has 2 N–H and O–H groups in total. The summed E-state index contributed by atoms with van der Waals surface area (Å²) >= 11 is 5.99. The average Bonchev–Trinajstić information content (AvgIpc) is 2.96. The summed E-state index contributed by atoms with van der Waals surface area (Å²) in [6, 6.07) is 8.05. The summed E-state index contributed by atoms with van der Waals surface area (Å²) in [5.41, 5.74) is 1.30. The van der Waals surface area contributed by atoms with Gasteiger partial charge in [0.15, 0.2) is 0 Å². The van der Waals surface area contributed by atoms with Gasteiger partial charge in [-0.1, -0.05) is 23.7 Å². The Bertz CT molecular complexity index is 852. The molecular weight excluding hydrogens is 318 g/mol. The second-order valence-electron chi connectivity index (χ2n) is 5.10. The number of para-hydroxylation sites is 1. The van der Waals surface area contributed by atoms with E-state index in [4.69, 9.17) is 16.9 Å². The van der Waals surface area contributed by atoms with Gasteiger partial charge in [0.05, 0.1) is 22.8 Å². The second-order valence-corrected chi connectivity index (χ2v) is 5.51. The quantitative estimate of drug-likeness (QED) is 0.901. The number of aryl methyl sites for hydroxylation is 1. The number of anilines is 2. The molecule has 0 saturated carbocycles. The monoisotopic (exact) mass is 329 g/mol. The van der Waals surface area contributed by atoms with Crippen molar-refractivity contribution in [3.05, 3.63) is 40.5 Å². The number of halogens is 1. The van der Waals surface area contributed by atoms with E-state index in [9.17, 15) is 9.59 Å². The van der Waals surface area contributed by atoms with E-state index >= 15 is 0 Å². The predicted octanol–water partition coefficient (Wildman–Crippen LogP) is 2.24. The fraction of sp³-hybridized carbons (Fsp3) is 0.200. The zero-order valence-electron chi connectivity index (χ0n) is 12.1. The molecule has 7 nitrogen and oxygen atoms in total. The molecule has 2 amide bonds. The molecule has 23 heavy (non-hydrogen) atoms. The third-order valence-electron chi connectivity index (χ3n) is 3.56. The highest BCUT2D eigenvalue weighted by Gasteiger charge is 2.36. The molecule has 116 valence electrons. The number of amides is 2. The minimum atomic E-state index is -0.784. The molecular formula is C15H12ClN5O2. The SMILES string of the molecule is Cc1nn2c(c1C#N)NC(=O)[C@H]2CC(=O)Nc1ccccc1Cl. The van der Waals surface area contributed by atoms with Crippen LogP contribution in [0.4, 0.5) is 11.5 Å². The number of hydrogen-bond donors (Lipinski definition) is 2. The third-order valence-corrected chi connectivity index (χ3v) is 3.89. The topological polar surface area (TPSA) is 99.8 Å². The Morgan fingerprint density at radius 2 is 2.26 bits per heavy atom. The Hall–Kier alpha value is -2.85. The van der Waals surface area contributed by atoms with Crippen molar-refractivity contribution in [1.82, 2.24) is 9.78 Å². The number of rotatable bonds is 3. The number of carbonyl (C=O) groups excluding carboxylic acids is 2. The van der Waals surface area contributed by atoms with Crippen molar-refractivity contribution in [2.75, 3.05) is 10.6 Å². The van der Waals surface area contributed by atoms with E-state index < -0.39 is 6.04 Å². The van der Waals surface area contributed by atoms with E-state index in [0.717, 1.165) is 0 Å². The second kappa shape index (κ2) is 5.74. The van der Waals surface area contributed by atoms with Gasteiger partial charge in [-0.25, -0.2) is 4.68 Å². The van der Waals surface area contributed by atoms with Crippen molar-refractivity contribution in [1.29, 1.82) is 5.26 Å². The van der Waals surface area contributed by atoms with Gasteiger partial charge in [-0.05, 0) is 19.1 Å². The van der Waals surface area contributed by atoms with Crippen molar-refractivity contribution >= 4 is 34.9 Å². The number of nitrogens with zero attached hydrogens (tertiary/aromatic N) is 3. The Balaban J connectivity index is 1.79. The van der Waals surface area contributed by atoms with Gasteiger partial charge in [0.1, 0.15) is 23.5 Å². The third kappa shape index (κ3) is 2.64. The van der Waals surface area contributed by atoms with Crippen LogP contribution in [0.2, 0.25) is 5.02 Å². The van der Waals surface area contributed by atoms with Crippen LogP contribution in [-0.2, 0) is 9.59 Å². The molecule has 0 unspecified atom stereocenters. The van der Waals surface area contributed by atoms with Crippen LogP contribution in [0.5, 0.6) is 0 Å². The summed E-state index contributed by atoms with van der Waals surface area (Å²) in [5, 5.41) is 19.0. The summed E-state index contributed by atoms with van der Waals surface area (Å²) in [7, 11) is 0. The molecule has 1 aliphatic heterocycles. The summed E-state index contributed by atoms with van der Waals surface area (Å²) in [5.74, 6) is -0.387. The van der Waals surface area contributed by atoms with Crippen molar-refractivity contribution in [3.63, 3.8) is 0 Å². The lowest BCUT2D eigenvalue weighted by Crippen LogP contribution is -2.23. The molecule has 0 saturated heterocycles. The number of hydrogen-bond acceptors (Lipinski definition) is 4. The molecule has 8 heteroatoms. The molecule has 0 radical (unpaired) electrons. The highest BCUT2D eigenvalue weighted by atomic mass is 35.5. The molecule has 0 fully saturated rings. The maximum atomic E-state index is 12.2. The summed E-state index contributed by atoms with van der Waals surface area (Å²) in [6.45, 7) is 1.68. The lowest BCUT2D eigenvalue weighted by Gasteiger charge is -2.10. The van der Waals surface area contributed by atoms with E-state index in [0.29, 0.717) is 27.8 Å². The van der Waals surface area contributed by atoms with Crippen LogP contribution in [0.25, 0.3) is 0 Å². The van der Waals surface area contributed by atoms with Crippen LogP contribution in [0.3, 0.4) is 0 Å². The first-order valence-corrected chi connectivity index (χ1v) is 7.23. The average molecular weight is 330 g/mol. The summed E-state index contributed by atoms with van der Waals surface area (Å²) < 4.78 is 1.39. The van der Waals surface area contributed by atoms with E-state index in [-0.39, 0.29) is 18.2 Å². The highest BCUT2D eigenvalue weighted by Crippen LogP contribution is 2.31. The molecule has 1 aromatic carbocycles. The van der Waals surface area contributed by atoms with Crippen molar-refractivity contribution in [2.24, 2.45) is 0 Å². The molecule has 0 bridgehead atoms. The van der Waals surface area contributed by atoms with Crippen LogP contribution in [-0.4, -0.2) is 21.6 Å². The number of fused-ring (bicyclic) bond motifs is 1. The van der Waals surface area contributed by atoms with Gasteiger partial charge in [0, 0.05) is 0 Å². The van der Waals surface area contributed by atoms with Gasteiger partial charge in [-0.2, -0.15) is 10.4 Å². The maximum absolute atomic E-state index is 12.2. The van der Waals surface area contributed by atoms with E-state index in [1.54, 1.807) is 31.2 Å². The minimum Gasteiger partial charge on any atom is -0.325 e. The number of aromatic nitrogens is 2. The Morgan fingerprint density at radius 1 is 1.52 bits per heavy atom. The van der Waals surface area contributed by atoms with Crippen molar-refractivity contribution in [3.8, 4) is 6.07 Å². The fourth-order valence-corrected chi connectivity index (χ4v) is 2.64. The molecule has 3 rings (SSSR count). The normalized spacial score (nSPS) is 15.7. The number of nitrogens with one attached hydrogen (secondary N) is 2. The lowest BCUT2D eigenvalue weighted by molar-refractivity contribution is -0.123. The van der Waals surface area contributed by atoms with Crippen molar-refractivity contribution in [2.45, 2.75) is 19.4 Å². The van der Waals surface area contributed by atoms with Gasteiger partial charge in [-0.3, -0.25) is 9.59 Å². The van der Waals surface area contributed by atoms with Crippen LogP contribution in [0.1, 0.15) is 23.7 Å². The van der Waals surface area contributed by atoms with Crippen molar-refractivity contribution < 1.29 is 9.59 Å². The van der Waals surface area contributed by atoms with Gasteiger partial charge in [0.2, 0.25) is 5.91 Å². The largest absolute Gasteiger partial charge is 0.325 e. The van der Waals surface area contributed by atoms with Crippen LogP contribution in [0, 0.1) is 18.3 Å². The van der Waals surface area contributed by atoms with E-state index in [1.165, 1.54) is 4.68 Å². The Labute approximate surface area is 136 Å². The number of carbonyl (C=O) groups is 2. The highest BCUT2D eigenvalue weighted by molar-refractivity contribution is 6.33. The molecule has 0 spiro atoms. The summed E-state index contributed by atoms with van der Waals surface area (Å²) in [4.78, 5) is 24.2. The number of benzene rings is 1. The first-order chi connectivity index (χ1) is 11.0. The number of nitriles is 1. The first kappa shape index (κ1) is 15.1. The zero-order chi connectivity index (χ0) is 16.6. The Morgan fingerprint density at radius 3 is 2.96 bits per heavy atom.